The topological polar surface area (TPSA) is 53.0 Å². The van der Waals surface area contributed by atoms with Gasteiger partial charge in [0.1, 0.15) is 11.9 Å². The quantitative estimate of drug-likeness (QED) is 0.350. The molecule has 2 fully saturated rings. The highest BCUT2D eigenvalue weighted by molar-refractivity contribution is 5.92. The molecule has 2 aromatic rings. The van der Waals surface area contributed by atoms with Crippen LogP contribution in [-0.2, 0) is 22.8 Å². The monoisotopic (exact) mass is 566 g/mol. The minimum atomic E-state index is -4.46. The summed E-state index contributed by atoms with van der Waals surface area (Å²) < 4.78 is 46.5. The third-order valence-corrected chi connectivity index (χ3v) is 9.68. The van der Waals surface area contributed by atoms with Crippen molar-refractivity contribution in [2.75, 3.05) is 19.6 Å². The lowest BCUT2D eigenvalue weighted by atomic mass is 9.48. The smallest absolute Gasteiger partial charge is 0.416 e. The molecule has 1 saturated carbocycles. The third-order valence-electron chi connectivity index (χ3n) is 9.68. The largest absolute Gasteiger partial charge is 0.487 e. The van der Waals surface area contributed by atoms with Crippen LogP contribution in [0.15, 0.2) is 61.2 Å². The second-order valence-corrected chi connectivity index (χ2v) is 12.4. The fourth-order valence-electron chi connectivity index (χ4n) is 8.14. The molecule has 2 bridgehead atoms. The predicted molar refractivity (Wildman–Crippen MR) is 151 cm³/mol. The predicted octanol–water partition coefficient (Wildman–Crippen LogP) is 5.61. The molecule has 218 valence electrons. The summed E-state index contributed by atoms with van der Waals surface area (Å²) in [6.07, 6.45) is 2.39. The summed E-state index contributed by atoms with van der Waals surface area (Å²) in [6, 6.07) is 10.7. The van der Waals surface area contributed by atoms with Crippen molar-refractivity contribution in [2.24, 2.45) is 5.92 Å². The van der Waals surface area contributed by atoms with E-state index in [2.05, 4.69) is 17.5 Å². The maximum atomic E-state index is 13.8. The molecule has 5 atom stereocenters. The van der Waals surface area contributed by atoms with Crippen LogP contribution in [0.4, 0.5) is 13.2 Å². The van der Waals surface area contributed by atoms with Gasteiger partial charge >= 0.3 is 6.18 Å². The molecule has 0 unspecified atom stereocenters. The zero-order chi connectivity index (χ0) is 29.2. The van der Waals surface area contributed by atoms with Crippen LogP contribution in [0.1, 0.15) is 55.4 Å². The number of alkyl halides is 3. The molecule has 2 aliphatic heterocycles. The molecule has 2 aromatic carbocycles. The Morgan fingerprint density at radius 1 is 1.24 bits per heavy atom. The van der Waals surface area contributed by atoms with E-state index >= 15 is 0 Å². The standard InChI is InChI=1S/C33H37F3N2O3/c1-4-16-37-17-15-31-29-23-8-6-10-26(29)41-30(31)25(13-14-32(31,40)27(37)19-23)38(20-21(2)3)28(39)12-11-22-7-5-9-24(18-22)33(34,35)36/h4-12,18,21,25,27,30,40H,1,13-17,19-20H2,2-3H3/t25-,27+,30-,31-,32+/m0/s1. The summed E-state index contributed by atoms with van der Waals surface area (Å²) in [5.74, 6) is 0.691. The Morgan fingerprint density at radius 3 is 2.76 bits per heavy atom. The van der Waals surface area contributed by atoms with Crippen LogP contribution in [-0.4, -0.2) is 64.2 Å². The van der Waals surface area contributed by atoms with E-state index in [1.54, 1.807) is 6.07 Å². The highest BCUT2D eigenvalue weighted by atomic mass is 19.4. The highest BCUT2D eigenvalue weighted by Gasteiger charge is 2.73. The number of rotatable bonds is 7. The molecular formula is C33H37F3N2O3. The van der Waals surface area contributed by atoms with E-state index in [1.807, 2.05) is 37.0 Å². The molecule has 1 spiro atoms. The third kappa shape index (κ3) is 4.33. The van der Waals surface area contributed by atoms with Gasteiger partial charge in [-0.15, -0.1) is 6.58 Å². The normalized spacial score (nSPS) is 30.3. The Hall–Kier alpha value is -3.10. The lowest BCUT2D eigenvalue weighted by molar-refractivity contribution is -0.199. The molecule has 2 aliphatic carbocycles. The maximum Gasteiger partial charge on any atom is 0.416 e. The highest BCUT2D eigenvalue weighted by Crippen LogP contribution is 2.64. The summed E-state index contributed by atoms with van der Waals surface area (Å²) in [6.45, 7) is 10.00. The maximum absolute atomic E-state index is 13.8. The molecule has 8 heteroatoms. The van der Waals surface area contributed by atoms with Gasteiger partial charge in [-0.05, 0) is 73.5 Å². The van der Waals surface area contributed by atoms with Gasteiger partial charge in [0.15, 0.2) is 0 Å². The number of nitrogens with zero attached hydrogens (tertiary/aromatic N) is 2. The van der Waals surface area contributed by atoms with Crippen molar-refractivity contribution >= 4 is 12.0 Å². The fourth-order valence-corrected chi connectivity index (χ4v) is 8.14. The number of amides is 1. The molecule has 1 amide bonds. The Labute approximate surface area is 239 Å². The first kappa shape index (κ1) is 28.0. The Morgan fingerprint density at radius 2 is 2.02 bits per heavy atom. The Kier molecular flexibility index (Phi) is 6.85. The minimum Gasteiger partial charge on any atom is -0.487 e. The van der Waals surface area contributed by atoms with E-state index in [1.165, 1.54) is 23.8 Å². The van der Waals surface area contributed by atoms with Crippen molar-refractivity contribution in [3.05, 3.63) is 83.4 Å². The molecule has 6 rings (SSSR count). The molecule has 4 aliphatic rings. The first-order valence-electron chi connectivity index (χ1n) is 14.5. The summed E-state index contributed by atoms with van der Waals surface area (Å²) in [4.78, 5) is 18.0. The van der Waals surface area contributed by atoms with Gasteiger partial charge in [-0.1, -0.05) is 44.2 Å². The van der Waals surface area contributed by atoms with Gasteiger partial charge in [0, 0.05) is 30.8 Å². The van der Waals surface area contributed by atoms with Crippen LogP contribution in [0.3, 0.4) is 0 Å². The SMILES string of the molecule is C=CCN1CC[C@]23c4c5cccc4O[C@H]2[C@@H](N(CC(C)C)C(=O)C=Cc2cccc(C(F)(F)F)c2)CC[C@@]3(O)[C@H]1C5. The average Bonchev–Trinajstić information content (AvgIpc) is 3.27. The number of piperidine rings is 1. The lowest BCUT2D eigenvalue weighted by Gasteiger charge is -2.64. The summed E-state index contributed by atoms with van der Waals surface area (Å²) in [5.41, 5.74) is 0.217. The Balaban J connectivity index is 1.37. The molecule has 2 heterocycles. The first-order valence-corrected chi connectivity index (χ1v) is 14.5. The minimum absolute atomic E-state index is 0.0720. The molecular weight excluding hydrogens is 529 g/mol. The molecule has 1 N–H and O–H groups in total. The van der Waals surface area contributed by atoms with E-state index in [-0.39, 0.29) is 23.9 Å². The average molecular weight is 567 g/mol. The second-order valence-electron chi connectivity index (χ2n) is 12.4. The van der Waals surface area contributed by atoms with Gasteiger partial charge < -0.3 is 14.7 Å². The van der Waals surface area contributed by atoms with Crippen LogP contribution >= 0.6 is 0 Å². The Bertz CT molecular complexity index is 1390. The lowest BCUT2D eigenvalue weighted by Crippen LogP contribution is -2.78. The van der Waals surface area contributed by atoms with E-state index in [9.17, 15) is 23.1 Å². The van der Waals surface area contributed by atoms with Gasteiger partial charge in [-0.25, -0.2) is 0 Å². The van der Waals surface area contributed by atoms with Crippen LogP contribution in [0, 0.1) is 5.92 Å². The number of carbonyl (C=O) groups excluding carboxylic acids is 1. The number of likely N-dealkylation sites (tertiary alicyclic amines) is 1. The number of hydrogen-bond donors (Lipinski definition) is 1. The number of benzene rings is 2. The van der Waals surface area contributed by atoms with Gasteiger partial charge in [0.05, 0.1) is 22.6 Å². The molecule has 0 radical (unpaired) electrons. The van der Waals surface area contributed by atoms with E-state index < -0.39 is 28.9 Å². The van der Waals surface area contributed by atoms with Crippen molar-refractivity contribution in [2.45, 2.75) is 74.9 Å². The van der Waals surface area contributed by atoms with Crippen molar-refractivity contribution in [1.29, 1.82) is 0 Å². The van der Waals surface area contributed by atoms with Crippen LogP contribution in [0.25, 0.3) is 6.08 Å². The van der Waals surface area contributed by atoms with Gasteiger partial charge in [0.2, 0.25) is 5.91 Å². The van der Waals surface area contributed by atoms with Gasteiger partial charge in [0.25, 0.3) is 0 Å². The summed E-state index contributed by atoms with van der Waals surface area (Å²) in [7, 11) is 0. The number of aliphatic hydroxyl groups is 1. The van der Waals surface area contributed by atoms with Crippen molar-refractivity contribution in [3.63, 3.8) is 0 Å². The van der Waals surface area contributed by atoms with Crippen LogP contribution < -0.4 is 4.74 Å². The van der Waals surface area contributed by atoms with Gasteiger partial charge in [-0.3, -0.25) is 9.69 Å². The number of halogens is 3. The van der Waals surface area contributed by atoms with E-state index in [0.717, 1.165) is 36.4 Å². The van der Waals surface area contributed by atoms with Crippen molar-refractivity contribution in [3.8, 4) is 5.75 Å². The molecule has 5 nitrogen and oxygen atoms in total. The molecule has 1 saturated heterocycles. The van der Waals surface area contributed by atoms with Crippen molar-refractivity contribution < 1.29 is 27.8 Å². The summed E-state index contributed by atoms with van der Waals surface area (Å²) >= 11 is 0. The van der Waals surface area contributed by atoms with Crippen molar-refractivity contribution in [1.82, 2.24) is 9.80 Å². The number of ether oxygens (including phenoxy) is 1. The fraction of sp³-hybridized carbons (Fsp3) is 0.485. The number of hydrogen-bond acceptors (Lipinski definition) is 4. The number of carbonyl (C=O) groups is 1. The molecule has 0 aromatic heterocycles. The molecule has 41 heavy (non-hydrogen) atoms. The van der Waals surface area contributed by atoms with E-state index in [4.69, 9.17) is 4.74 Å². The van der Waals surface area contributed by atoms with Crippen LogP contribution in [0.5, 0.6) is 5.75 Å². The summed E-state index contributed by atoms with van der Waals surface area (Å²) in [5, 5.41) is 12.6. The van der Waals surface area contributed by atoms with Gasteiger partial charge in [-0.2, -0.15) is 13.2 Å². The van der Waals surface area contributed by atoms with E-state index in [0.29, 0.717) is 37.9 Å². The zero-order valence-corrected chi connectivity index (χ0v) is 23.5. The second kappa shape index (κ2) is 10.0. The zero-order valence-electron chi connectivity index (χ0n) is 23.5. The first-order chi connectivity index (χ1) is 19.5. The van der Waals surface area contributed by atoms with Crippen LogP contribution in [0.2, 0.25) is 0 Å².